The second kappa shape index (κ2) is 5.93. The molecule has 1 rings (SSSR count). The maximum atomic E-state index is 11.6. The van der Waals surface area contributed by atoms with Gasteiger partial charge in [-0.15, -0.1) is 0 Å². The average Bonchev–Trinajstić information content (AvgIpc) is 2.30. The van der Waals surface area contributed by atoms with Gasteiger partial charge in [0.2, 0.25) is 12.3 Å². The zero-order valence-electron chi connectivity index (χ0n) is 9.99. The van der Waals surface area contributed by atoms with Crippen molar-refractivity contribution in [3.05, 3.63) is 0 Å². The van der Waals surface area contributed by atoms with Crippen LogP contribution in [0.3, 0.4) is 0 Å². The maximum absolute atomic E-state index is 11.6. The monoisotopic (exact) mass is 265 g/mol. The summed E-state index contributed by atoms with van der Waals surface area (Å²) in [7, 11) is 0. The van der Waals surface area contributed by atoms with Crippen LogP contribution in [0.4, 0.5) is 26.3 Å². The van der Waals surface area contributed by atoms with E-state index in [-0.39, 0.29) is 0 Å². The molecule has 1 aliphatic rings. The lowest BCUT2D eigenvalue weighted by Gasteiger charge is -2.41. The Morgan fingerprint density at radius 2 is 1.00 bits per heavy atom. The van der Waals surface area contributed by atoms with E-state index >= 15 is 0 Å². The van der Waals surface area contributed by atoms with Crippen molar-refractivity contribution in [2.75, 3.05) is 19.6 Å². The van der Waals surface area contributed by atoms with Crippen LogP contribution in [0.5, 0.6) is 0 Å². The molecule has 2 unspecified atom stereocenters. The van der Waals surface area contributed by atoms with Crippen molar-refractivity contribution < 1.29 is 26.3 Å². The van der Waals surface area contributed by atoms with Crippen molar-refractivity contribution in [2.24, 2.45) is 0 Å². The van der Waals surface area contributed by atoms with Crippen LogP contribution in [0.25, 0.3) is 0 Å². The first-order chi connectivity index (χ1) is 7.66. The molecule has 0 saturated heterocycles. The molecule has 0 N–H and O–H groups in total. The van der Waals surface area contributed by atoms with Crippen LogP contribution < -0.4 is 0 Å². The van der Waals surface area contributed by atoms with Gasteiger partial charge in [0.1, 0.15) is 0 Å². The van der Waals surface area contributed by atoms with Crippen molar-refractivity contribution >= 4 is 0 Å². The summed E-state index contributed by atoms with van der Waals surface area (Å²) in [6.45, 7) is 10.1. The molecule has 0 radical (unpaired) electrons. The number of hydrogen-bond donors (Lipinski definition) is 0. The molecule has 1 saturated carbocycles. The summed E-state index contributed by atoms with van der Waals surface area (Å²) in [5.74, 6) is -9.65. The largest absolute Gasteiger partial charge is 0.346 e. The highest BCUT2D eigenvalue weighted by atomic mass is 19.3. The number of rotatable bonds is 3. The van der Waals surface area contributed by atoms with E-state index in [2.05, 4.69) is 25.7 Å². The summed E-state index contributed by atoms with van der Waals surface area (Å²) < 4.78 is 69.5. The minimum Gasteiger partial charge on any atom is -0.304 e. The Hall–Kier alpha value is -0.460. The Labute approximate surface area is 96.8 Å². The zero-order chi connectivity index (χ0) is 13.9. The van der Waals surface area contributed by atoms with Crippen LogP contribution in [-0.2, 0) is 0 Å². The molecule has 1 nitrogen and oxygen atoms in total. The van der Waals surface area contributed by atoms with Crippen LogP contribution in [0, 0.1) is 0 Å². The third-order valence-electron chi connectivity index (χ3n) is 2.74. The fourth-order valence-corrected chi connectivity index (χ4v) is 1.31. The topological polar surface area (TPSA) is 3.24 Å². The van der Waals surface area contributed by atoms with Gasteiger partial charge in [-0.25, -0.2) is 8.78 Å². The molecule has 1 fully saturated rings. The zero-order valence-corrected chi connectivity index (χ0v) is 9.99. The predicted molar refractivity (Wildman–Crippen MR) is 53.1 cm³/mol. The molecule has 0 bridgehead atoms. The minimum absolute atomic E-state index is 1.19. The molecule has 0 aliphatic heterocycles. The van der Waals surface area contributed by atoms with Gasteiger partial charge in [0.25, 0.3) is 0 Å². The highest BCUT2D eigenvalue weighted by Gasteiger charge is 2.81. The third kappa shape index (κ3) is 3.05. The van der Waals surface area contributed by atoms with Crippen LogP contribution >= 0.6 is 0 Å². The van der Waals surface area contributed by atoms with Crippen LogP contribution in [0.2, 0.25) is 0 Å². The summed E-state index contributed by atoms with van der Waals surface area (Å²) in [5.41, 5.74) is 0. The van der Waals surface area contributed by atoms with Crippen molar-refractivity contribution in [3.8, 4) is 0 Å². The lowest BCUT2D eigenvalue weighted by molar-refractivity contribution is -0.351. The fourth-order valence-electron chi connectivity index (χ4n) is 1.31. The Morgan fingerprint density at radius 1 is 0.765 bits per heavy atom. The standard InChI is InChI=1S/C6H15N.C4H2F6/c1-4-7(5-2)6-3;5-1-2(6)4(9,10)3(1,7)8/h4-6H2,1-3H3;1-2H. The first kappa shape index (κ1) is 16.5. The summed E-state index contributed by atoms with van der Waals surface area (Å²) in [6.07, 6.45) is -6.72. The number of alkyl halides is 6. The SMILES string of the molecule is CCN(CC)CC.FC1C(F)C(F)(F)C1(F)F. The lowest BCUT2D eigenvalue weighted by Crippen LogP contribution is -2.70. The van der Waals surface area contributed by atoms with Gasteiger partial charge in [0.05, 0.1) is 0 Å². The van der Waals surface area contributed by atoms with E-state index in [0.717, 1.165) is 0 Å². The van der Waals surface area contributed by atoms with Gasteiger partial charge in [-0.3, -0.25) is 0 Å². The van der Waals surface area contributed by atoms with E-state index in [0.29, 0.717) is 0 Å². The highest BCUT2D eigenvalue weighted by Crippen LogP contribution is 2.54. The molecule has 104 valence electrons. The Bertz CT molecular complexity index is 205. The smallest absolute Gasteiger partial charge is 0.304 e. The molecule has 0 heterocycles. The Balaban J connectivity index is 0.000000325. The number of halogens is 6. The van der Waals surface area contributed by atoms with Crippen LogP contribution in [0.15, 0.2) is 0 Å². The third-order valence-corrected chi connectivity index (χ3v) is 2.74. The quantitative estimate of drug-likeness (QED) is 0.708. The molecule has 0 amide bonds. The summed E-state index contributed by atoms with van der Waals surface area (Å²) >= 11 is 0. The minimum atomic E-state index is -4.83. The van der Waals surface area contributed by atoms with Gasteiger partial charge in [-0.1, -0.05) is 20.8 Å². The maximum Gasteiger partial charge on any atom is 0.346 e. The molecule has 0 aromatic carbocycles. The molecule has 0 aromatic rings. The van der Waals surface area contributed by atoms with Gasteiger partial charge in [0, 0.05) is 0 Å². The van der Waals surface area contributed by atoms with Crippen LogP contribution in [0.1, 0.15) is 20.8 Å². The second-order valence-electron chi connectivity index (χ2n) is 3.67. The molecular formula is C10H17F6N. The van der Waals surface area contributed by atoms with E-state index in [4.69, 9.17) is 0 Å². The number of nitrogens with zero attached hydrogens (tertiary/aromatic N) is 1. The fraction of sp³-hybridized carbons (Fsp3) is 1.00. The van der Waals surface area contributed by atoms with E-state index in [1.807, 2.05) is 0 Å². The van der Waals surface area contributed by atoms with E-state index in [1.54, 1.807) is 0 Å². The van der Waals surface area contributed by atoms with E-state index in [9.17, 15) is 26.3 Å². The first-order valence-corrected chi connectivity index (χ1v) is 5.42. The van der Waals surface area contributed by atoms with Gasteiger partial charge < -0.3 is 4.90 Å². The van der Waals surface area contributed by atoms with Crippen LogP contribution in [-0.4, -0.2) is 48.7 Å². The summed E-state index contributed by atoms with van der Waals surface area (Å²) in [6, 6.07) is 0. The van der Waals surface area contributed by atoms with Crippen molar-refractivity contribution in [1.29, 1.82) is 0 Å². The Kier molecular flexibility index (Phi) is 5.77. The average molecular weight is 265 g/mol. The molecule has 17 heavy (non-hydrogen) atoms. The molecule has 0 spiro atoms. The summed E-state index contributed by atoms with van der Waals surface area (Å²) in [4.78, 5) is 2.38. The molecule has 1 aliphatic carbocycles. The molecule has 0 aromatic heterocycles. The van der Waals surface area contributed by atoms with Gasteiger partial charge in [-0.05, 0) is 19.6 Å². The van der Waals surface area contributed by atoms with E-state index < -0.39 is 24.2 Å². The molecular weight excluding hydrogens is 248 g/mol. The van der Waals surface area contributed by atoms with E-state index in [1.165, 1.54) is 19.6 Å². The molecule has 2 atom stereocenters. The first-order valence-electron chi connectivity index (χ1n) is 5.42. The number of hydrogen-bond acceptors (Lipinski definition) is 1. The predicted octanol–water partition coefficient (Wildman–Crippen LogP) is 3.29. The lowest BCUT2D eigenvalue weighted by atomic mass is 9.85. The normalized spacial score (nSPS) is 29.3. The van der Waals surface area contributed by atoms with Gasteiger partial charge >= 0.3 is 11.8 Å². The highest BCUT2D eigenvalue weighted by molar-refractivity contribution is 5.12. The summed E-state index contributed by atoms with van der Waals surface area (Å²) in [5, 5.41) is 0. The van der Waals surface area contributed by atoms with Crippen molar-refractivity contribution in [3.63, 3.8) is 0 Å². The van der Waals surface area contributed by atoms with Gasteiger partial charge in [0.15, 0.2) is 0 Å². The molecule has 7 heteroatoms. The Morgan fingerprint density at radius 3 is 1.06 bits per heavy atom. The van der Waals surface area contributed by atoms with Crippen molar-refractivity contribution in [2.45, 2.75) is 45.0 Å². The van der Waals surface area contributed by atoms with Gasteiger partial charge in [-0.2, -0.15) is 17.6 Å². The van der Waals surface area contributed by atoms with Crippen molar-refractivity contribution in [1.82, 2.24) is 4.90 Å². The second-order valence-corrected chi connectivity index (χ2v) is 3.67.